The highest BCUT2D eigenvalue weighted by atomic mass is 32.2. The quantitative estimate of drug-likeness (QED) is 0.301. The number of benzene rings is 2. The molecule has 9 nitrogen and oxygen atoms in total. The van der Waals surface area contributed by atoms with Crippen LogP contribution >= 0.6 is 0 Å². The van der Waals surface area contributed by atoms with Crippen LogP contribution in [0.4, 0.5) is 0 Å². The van der Waals surface area contributed by atoms with E-state index < -0.39 is 27.0 Å². The van der Waals surface area contributed by atoms with Crippen molar-refractivity contribution >= 4 is 27.1 Å². The maximum Gasteiger partial charge on any atom is 0.264 e. The zero-order valence-electron chi connectivity index (χ0n) is 25.1. The van der Waals surface area contributed by atoms with Crippen molar-refractivity contribution in [2.24, 2.45) is 0 Å². The maximum absolute atomic E-state index is 13.5. The van der Waals surface area contributed by atoms with Gasteiger partial charge in [-0.2, -0.15) is 5.06 Å². The van der Waals surface area contributed by atoms with Crippen LogP contribution in [0.2, 0.25) is 0 Å². The van der Waals surface area contributed by atoms with Crippen molar-refractivity contribution in [2.75, 3.05) is 0 Å². The van der Waals surface area contributed by atoms with Gasteiger partial charge >= 0.3 is 0 Å². The van der Waals surface area contributed by atoms with Crippen molar-refractivity contribution in [3.63, 3.8) is 0 Å². The summed E-state index contributed by atoms with van der Waals surface area (Å²) in [4.78, 5) is 22.8. The Balaban J connectivity index is 1.43. The Kier molecular flexibility index (Phi) is 7.37. The Hall–Kier alpha value is -3.86. The second-order valence-corrected chi connectivity index (χ2v) is 13.6. The normalized spacial score (nSPS) is 16.5. The van der Waals surface area contributed by atoms with Crippen LogP contribution < -0.4 is 4.72 Å². The molecule has 42 heavy (non-hydrogen) atoms. The fourth-order valence-electron chi connectivity index (χ4n) is 5.80. The van der Waals surface area contributed by atoms with Gasteiger partial charge in [0.1, 0.15) is 11.3 Å². The number of carbonyl (C=O) groups is 1. The molecule has 0 unspecified atom stereocenters. The number of nitrogens with zero attached hydrogens (tertiary/aromatic N) is 4. The number of aromatic nitrogens is 3. The van der Waals surface area contributed by atoms with Crippen LogP contribution in [0.3, 0.4) is 0 Å². The summed E-state index contributed by atoms with van der Waals surface area (Å²) in [5, 5.41) is 11.6. The third-order valence-electron chi connectivity index (χ3n) is 7.90. The summed E-state index contributed by atoms with van der Waals surface area (Å²) in [5.41, 5.74) is 4.28. The van der Waals surface area contributed by atoms with E-state index in [9.17, 15) is 18.4 Å². The number of pyridine rings is 1. The first kappa shape index (κ1) is 29.6. The molecule has 1 aliphatic heterocycles. The van der Waals surface area contributed by atoms with Gasteiger partial charge in [0.05, 0.1) is 22.5 Å². The molecular formula is C32H37N5O4S. The van der Waals surface area contributed by atoms with Crippen molar-refractivity contribution in [3.05, 3.63) is 88.9 Å². The highest BCUT2D eigenvalue weighted by molar-refractivity contribution is 7.90. The molecular weight excluding hydrogens is 550 g/mol. The molecule has 2 N–H and O–H groups in total. The number of fused-ring (bicyclic) bond motifs is 1. The van der Waals surface area contributed by atoms with E-state index in [4.69, 9.17) is 9.97 Å². The Bertz CT molecular complexity index is 1840. The third kappa shape index (κ3) is 5.14. The summed E-state index contributed by atoms with van der Waals surface area (Å²) < 4.78 is 31.4. The molecule has 0 atom stereocenters. The number of amides is 1. The third-order valence-corrected chi connectivity index (χ3v) is 9.29. The van der Waals surface area contributed by atoms with E-state index in [1.165, 1.54) is 6.07 Å². The number of nitrogens with one attached hydrogen (secondary N) is 1. The molecule has 0 bridgehead atoms. The van der Waals surface area contributed by atoms with Gasteiger partial charge in [0.2, 0.25) is 0 Å². The molecule has 1 aliphatic rings. The van der Waals surface area contributed by atoms with E-state index in [2.05, 4.69) is 16.2 Å². The lowest BCUT2D eigenvalue weighted by molar-refractivity contribution is -0.185. The fourth-order valence-corrected chi connectivity index (χ4v) is 6.99. The van der Waals surface area contributed by atoms with Crippen molar-refractivity contribution in [2.45, 2.75) is 77.4 Å². The summed E-state index contributed by atoms with van der Waals surface area (Å²) in [5.74, 6) is 0.184. The van der Waals surface area contributed by atoms with E-state index in [0.717, 1.165) is 45.3 Å². The fraction of sp³-hybridized carbons (Fsp3) is 0.344. The van der Waals surface area contributed by atoms with Crippen LogP contribution in [0, 0.1) is 13.8 Å². The van der Waals surface area contributed by atoms with E-state index >= 15 is 0 Å². The lowest BCUT2D eigenvalue weighted by atomic mass is 9.96. The largest absolute Gasteiger partial charge is 0.312 e. The SMILES string of the molecule is CCc1nc2c(C)cc(C)nc2n1Cc1ccc(-c2ccccc2S(=O)(=O)NC(=O)C2=CC(C)(C)N(O)C2(C)C)cc1. The minimum Gasteiger partial charge on any atom is -0.312 e. The van der Waals surface area contributed by atoms with Crippen LogP contribution in [0.1, 0.15) is 57.3 Å². The maximum atomic E-state index is 13.5. The molecule has 5 rings (SSSR count). The molecule has 0 saturated carbocycles. The minimum atomic E-state index is -4.23. The van der Waals surface area contributed by atoms with Crippen LogP contribution in [0.15, 0.2) is 71.1 Å². The van der Waals surface area contributed by atoms with Gasteiger partial charge in [-0.05, 0) is 70.4 Å². The van der Waals surface area contributed by atoms with Gasteiger partial charge in [0.15, 0.2) is 5.65 Å². The van der Waals surface area contributed by atoms with E-state index in [-0.39, 0.29) is 10.5 Å². The van der Waals surface area contributed by atoms with Crippen LogP contribution in [0.5, 0.6) is 0 Å². The monoisotopic (exact) mass is 587 g/mol. The van der Waals surface area contributed by atoms with Crippen LogP contribution in [-0.2, 0) is 27.8 Å². The van der Waals surface area contributed by atoms with Crippen molar-refractivity contribution in [1.82, 2.24) is 24.3 Å². The molecule has 0 spiro atoms. The lowest BCUT2D eigenvalue weighted by Gasteiger charge is -2.35. The predicted molar refractivity (Wildman–Crippen MR) is 163 cm³/mol. The van der Waals surface area contributed by atoms with E-state index in [0.29, 0.717) is 17.7 Å². The number of hydroxylamine groups is 2. The molecule has 0 aliphatic carbocycles. The van der Waals surface area contributed by atoms with Gasteiger partial charge in [0.25, 0.3) is 15.9 Å². The molecule has 3 heterocycles. The number of aryl methyl sites for hydroxylation is 3. The first-order chi connectivity index (χ1) is 19.7. The lowest BCUT2D eigenvalue weighted by Crippen LogP contribution is -2.49. The molecule has 220 valence electrons. The molecule has 0 radical (unpaired) electrons. The Labute approximate surface area is 246 Å². The first-order valence-electron chi connectivity index (χ1n) is 14.0. The summed E-state index contributed by atoms with van der Waals surface area (Å²) in [7, 11) is -4.23. The minimum absolute atomic E-state index is 0.00774. The molecule has 0 saturated heterocycles. The standard InChI is InChI=1S/C32H37N5O4S/c1-8-27-34-28-20(2)17-21(3)33-29(28)36(27)19-22-13-15-23(16-14-22)24-11-9-10-12-26(24)42(40,41)35-30(38)25-18-31(4,5)37(39)32(25,6)7/h9-18,39H,8,19H2,1-7H3,(H,35,38). The number of imidazole rings is 1. The highest BCUT2D eigenvalue weighted by Gasteiger charge is 2.48. The van der Waals surface area contributed by atoms with Crippen molar-refractivity contribution in [3.8, 4) is 11.1 Å². The number of hydrogen-bond donors (Lipinski definition) is 2. The summed E-state index contributed by atoms with van der Waals surface area (Å²) in [6.45, 7) is 13.5. The summed E-state index contributed by atoms with van der Waals surface area (Å²) >= 11 is 0. The summed E-state index contributed by atoms with van der Waals surface area (Å²) in [6.07, 6.45) is 2.36. The number of hydrogen-bond acceptors (Lipinski definition) is 7. The van der Waals surface area contributed by atoms with E-state index in [1.54, 1.807) is 52.0 Å². The number of rotatable bonds is 7. The van der Waals surface area contributed by atoms with Gasteiger partial charge in [-0.15, -0.1) is 0 Å². The first-order valence-corrected chi connectivity index (χ1v) is 15.5. The second kappa shape index (κ2) is 10.4. The molecule has 10 heteroatoms. The van der Waals surface area contributed by atoms with Crippen molar-refractivity contribution < 1.29 is 18.4 Å². The topological polar surface area (TPSA) is 117 Å². The van der Waals surface area contributed by atoms with E-state index in [1.807, 2.05) is 44.2 Å². The zero-order valence-corrected chi connectivity index (χ0v) is 25.9. The van der Waals surface area contributed by atoms with Gasteiger partial charge in [-0.1, -0.05) is 55.5 Å². The average molecular weight is 588 g/mol. The molecule has 2 aromatic heterocycles. The van der Waals surface area contributed by atoms with Gasteiger partial charge in [-0.3, -0.25) is 4.79 Å². The number of sulfonamides is 1. The molecule has 2 aromatic carbocycles. The Morgan fingerprint density at radius 1 is 1.00 bits per heavy atom. The van der Waals surface area contributed by atoms with Gasteiger partial charge in [0, 0.05) is 23.3 Å². The van der Waals surface area contributed by atoms with Gasteiger partial charge < -0.3 is 9.77 Å². The predicted octanol–water partition coefficient (Wildman–Crippen LogP) is 5.32. The highest BCUT2D eigenvalue weighted by Crippen LogP contribution is 2.38. The van der Waals surface area contributed by atoms with Crippen LogP contribution in [0.25, 0.3) is 22.3 Å². The Morgan fingerprint density at radius 2 is 1.67 bits per heavy atom. The summed E-state index contributed by atoms with van der Waals surface area (Å²) in [6, 6.07) is 16.3. The second-order valence-electron chi connectivity index (χ2n) is 11.9. The Morgan fingerprint density at radius 3 is 2.29 bits per heavy atom. The van der Waals surface area contributed by atoms with Crippen LogP contribution in [-0.4, -0.2) is 50.2 Å². The average Bonchev–Trinajstić information content (AvgIpc) is 3.36. The smallest absolute Gasteiger partial charge is 0.264 e. The molecule has 0 fully saturated rings. The zero-order chi connectivity index (χ0) is 30.6. The van der Waals surface area contributed by atoms with Gasteiger partial charge in [-0.25, -0.2) is 23.1 Å². The number of carbonyl (C=O) groups excluding carboxylic acids is 1. The molecule has 1 amide bonds. The molecule has 4 aromatic rings. The van der Waals surface area contributed by atoms with Crippen molar-refractivity contribution in [1.29, 1.82) is 0 Å².